The van der Waals surface area contributed by atoms with Crippen LogP contribution in [-0.2, 0) is 30.8 Å². The molecule has 9 heteroatoms. The van der Waals surface area contributed by atoms with Crippen LogP contribution in [0.5, 0.6) is 5.75 Å². The minimum atomic E-state index is -0.254. The van der Waals surface area contributed by atoms with Gasteiger partial charge < -0.3 is 19.4 Å². The van der Waals surface area contributed by atoms with Crippen LogP contribution in [0.1, 0.15) is 34.1 Å². The van der Waals surface area contributed by atoms with Gasteiger partial charge in [0.05, 0.1) is 25.5 Å². The molecule has 0 spiro atoms. The van der Waals surface area contributed by atoms with Crippen LogP contribution >= 0.6 is 0 Å². The maximum Gasteiger partial charge on any atom is 0.279 e. The number of carbonyl (C=O) groups is 1. The summed E-state index contributed by atoms with van der Waals surface area (Å²) in [5, 5.41) is 7.09. The van der Waals surface area contributed by atoms with Crippen molar-refractivity contribution in [3.63, 3.8) is 0 Å². The Labute approximate surface area is 186 Å². The Hall–Kier alpha value is -3.17. The number of nitrogens with zero attached hydrogens (tertiary/aromatic N) is 4. The molecule has 0 radical (unpaired) electrons. The summed E-state index contributed by atoms with van der Waals surface area (Å²) in [6.45, 7) is 5.62. The van der Waals surface area contributed by atoms with Crippen molar-refractivity contribution in [2.45, 2.75) is 33.0 Å². The van der Waals surface area contributed by atoms with Crippen molar-refractivity contribution in [3.8, 4) is 5.75 Å². The fourth-order valence-electron chi connectivity index (χ4n) is 4.29. The van der Waals surface area contributed by atoms with Gasteiger partial charge in [-0.15, -0.1) is 0 Å². The van der Waals surface area contributed by atoms with Gasteiger partial charge in [0, 0.05) is 51.9 Å². The van der Waals surface area contributed by atoms with Crippen molar-refractivity contribution < 1.29 is 14.3 Å². The van der Waals surface area contributed by atoms with Gasteiger partial charge in [-0.25, -0.2) is 0 Å². The first-order valence-electron chi connectivity index (χ1n) is 10.8. The highest BCUT2D eigenvalue weighted by Crippen LogP contribution is 2.22. The Morgan fingerprint density at radius 3 is 2.69 bits per heavy atom. The highest BCUT2D eigenvalue weighted by Gasteiger charge is 2.27. The molecule has 0 saturated carbocycles. The zero-order valence-electron chi connectivity index (χ0n) is 18.8. The average molecular weight is 440 g/mol. The van der Waals surface area contributed by atoms with Crippen LogP contribution in [0.15, 0.2) is 35.3 Å². The van der Waals surface area contributed by atoms with E-state index in [-0.39, 0.29) is 11.5 Å². The third-order valence-corrected chi connectivity index (χ3v) is 5.89. The smallest absolute Gasteiger partial charge is 0.279 e. The molecule has 0 atom stereocenters. The van der Waals surface area contributed by atoms with E-state index in [1.165, 1.54) is 16.3 Å². The van der Waals surface area contributed by atoms with E-state index >= 15 is 0 Å². The van der Waals surface area contributed by atoms with Gasteiger partial charge in [-0.1, -0.05) is 12.1 Å². The van der Waals surface area contributed by atoms with Crippen LogP contribution in [0, 0.1) is 0 Å². The molecule has 32 heavy (non-hydrogen) atoms. The first-order chi connectivity index (χ1) is 15.6. The summed E-state index contributed by atoms with van der Waals surface area (Å²) in [5.41, 5.74) is 3.70. The SMILES string of the molecule is CCn1c2c(c(=O)n3ncc(C(=O)NCCOC)c13)CN(Cc1ccc(OC)cc1)CC2. The topological polar surface area (TPSA) is 90.1 Å². The molecule has 0 unspecified atom stereocenters. The minimum absolute atomic E-state index is 0.157. The highest BCUT2D eigenvalue weighted by atomic mass is 16.5. The van der Waals surface area contributed by atoms with Gasteiger partial charge in [0.25, 0.3) is 11.5 Å². The van der Waals surface area contributed by atoms with Crippen LogP contribution in [-0.4, -0.2) is 58.9 Å². The fraction of sp³-hybridized carbons (Fsp3) is 0.435. The molecule has 170 valence electrons. The zero-order chi connectivity index (χ0) is 22.7. The number of hydrogen-bond donors (Lipinski definition) is 1. The summed E-state index contributed by atoms with van der Waals surface area (Å²) in [7, 11) is 3.24. The molecular formula is C23H29N5O4. The quantitative estimate of drug-likeness (QED) is 0.535. The van der Waals surface area contributed by atoms with Gasteiger partial charge in [0.1, 0.15) is 11.3 Å². The number of fused-ring (bicyclic) bond motifs is 2. The molecule has 9 nitrogen and oxygen atoms in total. The average Bonchev–Trinajstić information content (AvgIpc) is 3.26. The fourth-order valence-corrected chi connectivity index (χ4v) is 4.29. The second kappa shape index (κ2) is 9.54. The normalized spacial score (nSPS) is 13.8. The standard InChI is InChI=1S/C23H29N5O4/c1-4-27-20-9-11-26(14-16-5-7-17(32-3)8-6-16)15-19(20)23(30)28-22(27)18(13-25-28)21(29)24-10-12-31-2/h5-8,13H,4,9-12,14-15H2,1-3H3,(H,24,29). The van der Waals surface area contributed by atoms with Gasteiger partial charge in [0.15, 0.2) is 5.65 Å². The number of rotatable bonds is 8. The molecule has 3 aromatic rings. The molecule has 3 heterocycles. The Kier molecular flexibility index (Phi) is 6.57. The Balaban J connectivity index is 1.64. The lowest BCUT2D eigenvalue weighted by molar-refractivity contribution is 0.0938. The Morgan fingerprint density at radius 1 is 1.22 bits per heavy atom. The Morgan fingerprint density at radius 2 is 2.00 bits per heavy atom. The minimum Gasteiger partial charge on any atom is -0.497 e. The molecule has 2 aromatic heterocycles. The van der Waals surface area contributed by atoms with E-state index in [1.807, 2.05) is 31.2 Å². The third-order valence-electron chi connectivity index (χ3n) is 5.89. The van der Waals surface area contributed by atoms with E-state index in [4.69, 9.17) is 9.47 Å². The van der Waals surface area contributed by atoms with Crippen LogP contribution < -0.4 is 15.6 Å². The van der Waals surface area contributed by atoms with Gasteiger partial charge >= 0.3 is 0 Å². The summed E-state index contributed by atoms with van der Waals surface area (Å²) >= 11 is 0. The van der Waals surface area contributed by atoms with E-state index in [9.17, 15) is 9.59 Å². The second-order valence-electron chi connectivity index (χ2n) is 7.83. The highest BCUT2D eigenvalue weighted by molar-refractivity contribution is 5.99. The zero-order valence-corrected chi connectivity index (χ0v) is 18.8. The van der Waals surface area contributed by atoms with Crippen LogP contribution in [0.4, 0.5) is 0 Å². The number of ether oxygens (including phenoxy) is 2. The predicted octanol–water partition coefficient (Wildman–Crippen LogP) is 1.46. The van der Waals surface area contributed by atoms with Crippen molar-refractivity contribution in [1.82, 2.24) is 24.4 Å². The summed E-state index contributed by atoms with van der Waals surface area (Å²) in [6.07, 6.45) is 2.21. The molecule has 0 fully saturated rings. The largest absolute Gasteiger partial charge is 0.497 e. The lowest BCUT2D eigenvalue weighted by atomic mass is 10.0. The van der Waals surface area contributed by atoms with E-state index < -0.39 is 0 Å². The molecule has 4 rings (SSSR count). The number of nitrogens with one attached hydrogen (secondary N) is 1. The number of methoxy groups -OCH3 is 2. The van der Waals surface area contributed by atoms with Crippen molar-refractivity contribution in [2.75, 3.05) is 33.9 Å². The molecule has 1 aliphatic rings. The van der Waals surface area contributed by atoms with E-state index in [0.29, 0.717) is 37.5 Å². The third kappa shape index (κ3) is 4.13. The summed E-state index contributed by atoms with van der Waals surface area (Å²) in [5.74, 6) is 0.572. The lowest BCUT2D eigenvalue weighted by Crippen LogP contribution is -2.38. The molecule has 1 N–H and O–H groups in total. The number of amides is 1. The van der Waals surface area contributed by atoms with Crippen LogP contribution in [0.2, 0.25) is 0 Å². The molecule has 0 aliphatic carbocycles. The first kappa shape index (κ1) is 22.0. The number of carbonyl (C=O) groups excluding carboxylic acids is 1. The number of aromatic nitrogens is 3. The monoisotopic (exact) mass is 439 g/mol. The van der Waals surface area contributed by atoms with Gasteiger partial charge in [-0.3, -0.25) is 14.5 Å². The number of hydrogen-bond acceptors (Lipinski definition) is 6. The van der Waals surface area contributed by atoms with Crippen molar-refractivity contribution in [1.29, 1.82) is 0 Å². The van der Waals surface area contributed by atoms with Crippen LogP contribution in [0.25, 0.3) is 5.65 Å². The van der Waals surface area contributed by atoms with Gasteiger partial charge in [-0.05, 0) is 24.6 Å². The van der Waals surface area contributed by atoms with E-state index in [1.54, 1.807) is 14.2 Å². The first-order valence-corrected chi connectivity index (χ1v) is 10.8. The molecule has 1 aromatic carbocycles. The maximum absolute atomic E-state index is 13.3. The lowest BCUT2D eigenvalue weighted by Gasteiger charge is -2.30. The Bertz CT molecular complexity index is 1170. The predicted molar refractivity (Wildman–Crippen MR) is 120 cm³/mol. The van der Waals surface area contributed by atoms with Gasteiger partial charge in [0.2, 0.25) is 0 Å². The number of aryl methyl sites for hydroxylation is 1. The summed E-state index contributed by atoms with van der Waals surface area (Å²) < 4.78 is 13.7. The van der Waals surface area contributed by atoms with Crippen molar-refractivity contribution in [2.24, 2.45) is 0 Å². The molecule has 1 aliphatic heterocycles. The number of benzene rings is 1. The maximum atomic E-state index is 13.3. The molecule has 0 saturated heterocycles. The van der Waals surface area contributed by atoms with Crippen molar-refractivity contribution in [3.05, 3.63) is 63.2 Å². The van der Waals surface area contributed by atoms with E-state index in [0.717, 1.165) is 36.5 Å². The molecule has 0 bridgehead atoms. The summed E-state index contributed by atoms with van der Waals surface area (Å²) in [4.78, 5) is 28.3. The van der Waals surface area contributed by atoms with E-state index in [2.05, 4.69) is 19.9 Å². The second-order valence-corrected chi connectivity index (χ2v) is 7.83. The molecular weight excluding hydrogens is 410 g/mol. The molecule has 1 amide bonds. The van der Waals surface area contributed by atoms with Gasteiger partial charge in [-0.2, -0.15) is 9.61 Å². The van der Waals surface area contributed by atoms with Crippen LogP contribution in [0.3, 0.4) is 0 Å². The summed E-state index contributed by atoms with van der Waals surface area (Å²) in [6, 6.07) is 7.99. The van der Waals surface area contributed by atoms with Crippen molar-refractivity contribution >= 4 is 11.6 Å².